The molecular weight excluding hydrogens is 433 g/mol. The van der Waals surface area contributed by atoms with E-state index in [1.165, 1.54) is 5.69 Å². The second kappa shape index (κ2) is 11.2. The van der Waals surface area contributed by atoms with Gasteiger partial charge in [-0.15, -0.1) is 24.0 Å². The number of amides is 1. The summed E-state index contributed by atoms with van der Waals surface area (Å²) in [7, 11) is 5.80. The highest BCUT2D eigenvalue weighted by molar-refractivity contribution is 14.0. The highest BCUT2D eigenvalue weighted by Gasteiger charge is 2.15. The number of hydrogen-bond acceptors (Lipinski definition) is 3. The molecule has 0 radical (unpaired) electrons. The Morgan fingerprint density at radius 2 is 1.96 bits per heavy atom. The van der Waals surface area contributed by atoms with Crippen LogP contribution in [-0.4, -0.2) is 54.3 Å². The normalized spacial score (nSPS) is 11.5. The predicted octanol–water partition coefficient (Wildman–Crippen LogP) is 2.57. The SMILES string of the molecule is CN=C(NCCCNC(=O)OC(C)(C)C)N(C)Cc1cccn1C.I. The van der Waals surface area contributed by atoms with Crippen LogP contribution in [0, 0.1) is 0 Å². The van der Waals surface area contributed by atoms with E-state index in [4.69, 9.17) is 4.74 Å². The van der Waals surface area contributed by atoms with E-state index in [0.29, 0.717) is 6.54 Å². The van der Waals surface area contributed by atoms with Crippen molar-refractivity contribution >= 4 is 36.0 Å². The van der Waals surface area contributed by atoms with Crippen LogP contribution in [0.5, 0.6) is 0 Å². The number of hydrogen-bond donors (Lipinski definition) is 2. The molecule has 0 aromatic carbocycles. The summed E-state index contributed by atoms with van der Waals surface area (Å²) in [5.74, 6) is 0.827. The molecular formula is C17H32IN5O2. The largest absolute Gasteiger partial charge is 0.444 e. The molecule has 0 saturated carbocycles. The molecule has 0 fully saturated rings. The van der Waals surface area contributed by atoms with E-state index >= 15 is 0 Å². The van der Waals surface area contributed by atoms with Crippen molar-refractivity contribution in [1.82, 2.24) is 20.1 Å². The zero-order valence-electron chi connectivity index (χ0n) is 16.1. The minimum atomic E-state index is -0.468. The van der Waals surface area contributed by atoms with E-state index in [0.717, 1.165) is 25.5 Å². The van der Waals surface area contributed by atoms with Gasteiger partial charge in [0.1, 0.15) is 5.60 Å². The lowest BCUT2D eigenvalue weighted by Gasteiger charge is -2.22. The quantitative estimate of drug-likeness (QED) is 0.293. The maximum Gasteiger partial charge on any atom is 0.407 e. The van der Waals surface area contributed by atoms with Crippen LogP contribution in [0.4, 0.5) is 4.79 Å². The van der Waals surface area contributed by atoms with Crippen molar-refractivity contribution < 1.29 is 9.53 Å². The number of halogens is 1. The molecule has 2 N–H and O–H groups in total. The molecule has 0 unspecified atom stereocenters. The van der Waals surface area contributed by atoms with Crippen molar-refractivity contribution in [1.29, 1.82) is 0 Å². The Morgan fingerprint density at radius 1 is 1.32 bits per heavy atom. The molecule has 1 heterocycles. The van der Waals surface area contributed by atoms with Crippen LogP contribution in [0.2, 0.25) is 0 Å². The molecule has 0 atom stereocenters. The molecule has 0 saturated heterocycles. The third-order valence-electron chi connectivity index (χ3n) is 3.33. The first-order valence-electron chi connectivity index (χ1n) is 8.22. The third-order valence-corrected chi connectivity index (χ3v) is 3.33. The minimum absolute atomic E-state index is 0. The van der Waals surface area contributed by atoms with Gasteiger partial charge in [-0.1, -0.05) is 0 Å². The van der Waals surface area contributed by atoms with Gasteiger partial charge in [-0.2, -0.15) is 0 Å². The molecule has 0 bridgehead atoms. The van der Waals surface area contributed by atoms with Crippen LogP contribution in [0.15, 0.2) is 23.3 Å². The van der Waals surface area contributed by atoms with Gasteiger partial charge in [0.2, 0.25) is 0 Å². The lowest BCUT2D eigenvalue weighted by atomic mass is 10.2. The van der Waals surface area contributed by atoms with Gasteiger partial charge in [0.25, 0.3) is 0 Å². The summed E-state index contributed by atoms with van der Waals surface area (Å²) < 4.78 is 7.28. The monoisotopic (exact) mass is 465 g/mol. The Balaban J connectivity index is 0.00000576. The van der Waals surface area contributed by atoms with E-state index in [2.05, 4.69) is 31.2 Å². The van der Waals surface area contributed by atoms with Crippen molar-refractivity contribution in [2.24, 2.45) is 12.0 Å². The smallest absolute Gasteiger partial charge is 0.407 e. The molecule has 1 amide bonds. The molecule has 144 valence electrons. The number of aryl methyl sites for hydroxylation is 1. The van der Waals surface area contributed by atoms with Crippen LogP contribution in [0.3, 0.4) is 0 Å². The van der Waals surface area contributed by atoms with Gasteiger partial charge < -0.3 is 24.8 Å². The Labute approximate surface area is 168 Å². The first kappa shape index (κ1) is 23.5. The molecule has 1 aromatic heterocycles. The number of aromatic nitrogens is 1. The van der Waals surface area contributed by atoms with Gasteiger partial charge in [-0.3, -0.25) is 4.99 Å². The van der Waals surface area contributed by atoms with Gasteiger partial charge in [-0.25, -0.2) is 4.79 Å². The fraction of sp³-hybridized carbons (Fsp3) is 0.647. The minimum Gasteiger partial charge on any atom is -0.444 e. The number of nitrogens with zero attached hydrogens (tertiary/aromatic N) is 3. The van der Waals surface area contributed by atoms with E-state index in [-0.39, 0.29) is 30.1 Å². The Bertz CT molecular complexity index is 551. The zero-order valence-corrected chi connectivity index (χ0v) is 18.5. The topological polar surface area (TPSA) is 70.9 Å². The highest BCUT2D eigenvalue weighted by atomic mass is 127. The van der Waals surface area contributed by atoms with Crippen LogP contribution >= 0.6 is 24.0 Å². The van der Waals surface area contributed by atoms with Gasteiger partial charge >= 0.3 is 6.09 Å². The van der Waals surface area contributed by atoms with Crippen LogP contribution in [0.1, 0.15) is 32.9 Å². The van der Waals surface area contributed by atoms with Crippen LogP contribution < -0.4 is 10.6 Å². The summed E-state index contributed by atoms with van der Waals surface area (Å²) in [6.45, 7) is 7.60. The first-order valence-corrected chi connectivity index (χ1v) is 8.22. The fourth-order valence-corrected chi connectivity index (χ4v) is 2.16. The molecule has 1 aromatic rings. The Hall–Kier alpha value is -1.45. The molecule has 0 aliphatic heterocycles. The molecule has 1 rings (SSSR count). The summed E-state index contributed by atoms with van der Waals surface area (Å²) in [5.41, 5.74) is 0.747. The van der Waals surface area contributed by atoms with E-state index in [1.807, 2.05) is 47.1 Å². The number of alkyl carbamates (subject to hydrolysis) is 1. The first-order chi connectivity index (χ1) is 11.2. The van der Waals surface area contributed by atoms with Gasteiger partial charge in [0.15, 0.2) is 5.96 Å². The summed E-state index contributed by atoms with van der Waals surface area (Å²) in [6.07, 6.45) is 2.44. The number of aliphatic imine (C=N–C) groups is 1. The number of guanidine groups is 1. The van der Waals surface area contributed by atoms with Crippen LogP contribution in [-0.2, 0) is 18.3 Å². The number of ether oxygens (including phenoxy) is 1. The Morgan fingerprint density at radius 3 is 2.48 bits per heavy atom. The van der Waals surface area contributed by atoms with Crippen molar-refractivity contribution in [3.63, 3.8) is 0 Å². The number of carbonyl (C=O) groups is 1. The lowest BCUT2D eigenvalue weighted by molar-refractivity contribution is 0.0527. The number of nitrogens with one attached hydrogen (secondary N) is 2. The molecule has 8 heteroatoms. The van der Waals surface area contributed by atoms with E-state index in [9.17, 15) is 4.79 Å². The van der Waals surface area contributed by atoms with Gasteiger partial charge in [-0.05, 0) is 39.3 Å². The molecule has 0 aliphatic carbocycles. The van der Waals surface area contributed by atoms with Crippen molar-refractivity contribution in [3.8, 4) is 0 Å². The maximum atomic E-state index is 11.5. The molecule has 25 heavy (non-hydrogen) atoms. The summed E-state index contributed by atoms with van der Waals surface area (Å²) in [5, 5.41) is 6.04. The van der Waals surface area contributed by atoms with E-state index < -0.39 is 5.60 Å². The average molecular weight is 465 g/mol. The average Bonchev–Trinajstić information content (AvgIpc) is 2.86. The Kier molecular flexibility index (Phi) is 10.6. The fourth-order valence-electron chi connectivity index (χ4n) is 2.16. The maximum absolute atomic E-state index is 11.5. The zero-order chi connectivity index (χ0) is 18.2. The standard InChI is InChI=1S/C17H31N5O2.HI/c1-17(2,3)24-16(23)20-11-8-10-19-15(18-4)22(6)13-14-9-7-12-21(14)5;/h7,9,12H,8,10-11,13H2,1-6H3,(H,18,19)(H,20,23);1H. The summed E-state index contributed by atoms with van der Waals surface area (Å²) in [6, 6.07) is 4.12. The van der Waals surface area contributed by atoms with Crippen molar-refractivity contribution in [2.75, 3.05) is 27.2 Å². The van der Waals surface area contributed by atoms with Gasteiger partial charge in [0.05, 0.1) is 6.54 Å². The van der Waals surface area contributed by atoms with Crippen molar-refractivity contribution in [2.45, 2.75) is 39.3 Å². The molecule has 7 nitrogen and oxygen atoms in total. The van der Waals surface area contributed by atoms with Crippen molar-refractivity contribution in [3.05, 3.63) is 24.0 Å². The molecule has 0 aliphatic rings. The van der Waals surface area contributed by atoms with Crippen LogP contribution in [0.25, 0.3) is 0 Å². The lowest BCUT2D eigenvalue weighted by Crippen LogP contribution is -2.40. The number of rotatable bonds is 6. The predicted molar refractivity (Wildman–Crippen MR) is 113 cm³/mol. The third kappa shape index (κ3) is 9.57. The second-order valence-corrected chi connectivity index (χ2v) is 6.72. The highest BCUT2D eigenvalue weighted by Crippen LogP contribution is 2.06. The van der Waals surface area contributed by atoms with E-state index in [1.54, 1.807) is 7.05 Å². The summed E-state index contributed by atoms with van der Waals surface area (Å²) in [4.78, 5) is 17.9. The summed E-state index contributed by atoms with van der Waals surface area (Å²) >= 11 is 0. The molecule has 0 spiro atoms. The second-order valence-electron chi connectivity index (χ2n) is 6.72. The van der Waals surface area contributed by atoms with Gasteiger partial charge in [0, 0.05) is 46.1 Å². The number of carbonyl (C=O) groups excluding carboxylic acids is 1.